The monoisotopic (exact) mass is 558 g/mol. The summed E-state index contributed by atoms with van der Waals surface area (Å²) >= 11 is 0. The summed E-state index contributed by atoms with van der Waals surface area (Å²) in [6, 6.07) is 15.9. The summed E-state index contributed by atoms with van der Waals surface area (Å²) in [4.78, 5) is 18.3. The molecule has 0 spiro atoms. The Labute approximate surface area is 248 Å². The summed E-state index contributed by atoms with van der Waals surface area (Å²) in [5.41, 5.74) is 3.21. The van der Waals surface area contributed by atoms with Crippen molar-refractivity contribution in [3.8, 4) is 11.5 Å². The molecule has 0 radical (unpaired) electrons. The van der Waals surface area contributed by atoms with Crippen LogP contribution in [0.5, 0.6) is 11.5 Å². The van der Waals surface area contributed by atoms with E-state index >= 15 is 0 Å². The number of carbonyl (C=O) groups is 1. The molecule has 1 saturated carbocycles. The molecule has 4 rings (SSSR count). The SMILES string of the molecule is CCCCOc1ccc(C(=O)N(CCN(CCCC)CCCC)Cc2ccc(OCC3=CC=CC4CC34)cc2)cc1. The van der Waals surface area contributed by atoms with Gasteiger partial charge in [0.15, 0.2) is 0 Å². The minimum absolute atomic E-state index is 0.0626. The molecule has 2 aromatic carbocycles. The molecule has 0 aromatic heterocycles. The Morgan fingerprint density at radius 3 is 2.15 bits per heavy atom. The van der Waals surface area contributed by atoms with Crippen molar-refractivity contribution >= 4 is 5.91 Å². The Bertz CT molecular complexity index is 1110. The van der Waals surface area contributed by atoms with Gasteiger partial charge in [-0.1, -0.05) is 70.4 Å². The lowest BCUT2D eigenvalue weighted by Gasteiger charge is -2.28. The second kappa shape index (κ2) is 16.4. The average Bonchev–Trinajstić information content (AvgIpc) is 3.80. The van der Waals surface area contributed by atoms with E-state index in [1.165, 1.54) is 37.7 Å². The minimum atomic E-state index is 0.0626. The number of carbonyl (C=O) groups excluding carboxylic acids is 1. The Balaban J connectivity index is 1.40. The molecule has 2 aliphatic rings. The van der Waals surface area contributed by atoms with Crippen LogP contribution >= 0.6 is 0 Å². The zero-order valence-electron chi connectivity index (χ0n) is 25.5. The predicted octanol–water partition coefficient (Wildman–Crippen LogP) is 7.92. The van der Waals surface area contributed by atoms with E-state index in [0.717, 1.165) is 55.5 Å². The fraction of sp³-hybridized carbons (Fsp3) is 0.528. The summed E-state index contributed by atoms with van der Waals surface area (Å²) in [5.74, 6) is 3.18. The molecule has 2 aromatic rings. The third-order valence-corrected chi connectivity index (χ3v) is 8.18. The third kappa shape index (κ3) is 9.78. The number of allylic oxidation sites excluding steroid dienone is 3. The van der Waals surface area contributed by atoms with Gasteiger partial charge in [0, 0.05) is 25.2 Å². The van der Waals surface area contributed by atoms with Crippen LogP contribution in [0.15, 0.2) is 72.3 Å². The summed E-state index contributed by atoms with van der Waals surface area (Å²) in [5, 5.41) is 0. The number of hydrogen-bond donors (Lipinski definition) is 0. The van der Waals surface area contributed by atoms with Gasteiger partial charge in [0.2, 0.25) is 0 Å². The number of fused-ring (bicyclic) bond motifs is 1. The second-order valence-electron chi connectivity index (χ2n) is 11.6. The van der Waals surface area contributed by atoms with E-state index in [2.05, 4.69) is 56.0 Å². The standard InChI is InChI=1S/C36H50N2O3/c1-4-7-21-37(22-8-5-2)23-24-38(36(39)30-15-19-33(20-16-30)40-25-9-6-3)27-29-13-17-34(18-14-29)41-28-32-12-10-11-31-26-35(31)32/h10-20,31,35H,4-9,21-28H2,1-3H3. The average molecular weight is 559 g/mol. The fourth-order valence-corrected chi connectivity index (χ4v) is 5.36. The normalized spacial score (nSPS) is 17.2. The van der Waals surface area contributed by atoms with Crippen LogP contribution < -0.4 is 9.47 Å². The van der Waals surface area contributed by atoms with E-state index in [1.54, 1.807) is 0 Å². The maximum Gasteiger partial charge on any atom is 0.254 e. The van der Waals surface area contributed by atoms with Gasteiger partial charge in [-0.3, -0.25) is 4.79 Å². The van der Waals surface area contributed by atoms with Crippen molar-refractivity contribution in [2.24, 2.45) is 11.8 Å². The van der Waals surface area contributed by atoms with Crippen LogP contribution in [0.3, 0.4) is 0 Å². The Hall–Kier alpha value is -3.05. The van der Waals surface area contributed by atoms with Gasteiger partial charge >= 0.3 is 0 Å². The first-order valence-electron chi connectivity index (χ1n) is 15.9. The highest BCUT2D eigenvalue weighted by molar-refractivity contribution is 5.94. The Morgan fingerprint density at radius 1 is 0.805 bits per heavy atom. The second-order valence-corrected chi connectivity index (χ2v) is 11.6. The molecule has 0 bridgehead atoms. The molecule has 0 N–H and O–H groups in total. The first kappa shape index (κ1) is 30.9. The molecule has 1 amide bonds. The molecule has 5 nitrogen and oxygen atoms in total. The number of nitrogens with zero attached hydrogens (tertiary/aromatic N) is 2. The lowest BCUT2D eigenvalue weighted by atomic mass is 10.1. The molecule has 1 fully saturated rings. The highest BCUT2D eigenvalue weighted by Gasteiger charge is 2.39. The van der Waals surface area contributed by atoms with E-state index in [-0.39, 0.29) is 5.91 Å². The highest BCUT2D eigenvalue weighted by Crippen LogP contribution is 2.47. The molecule has 41 heavy (non-hydrogen) atoms. The van der Waals surface area contributed by atoms with Crippen LogP contribution in [0.1, 0.15) is 81.6 Å². The van der Waals surface area contributed by atoms with Crippen molar-refractivity contribution in [2.75, 3.05) is 39.4 Å². The lowest BCUT2D eigenvalue weighted by molar-refractivity contribution is 0.0720. The summed E-state index contributed by atoms with van der Waals surface area (Å²) in [7, 11) is 0. The molecule has 0 saturated heterocycles. The van der Waals surface area contributed by atoms with E-state index in [1.807, 2.05) is 41.3 Å². The van der Waals surface area contributed by atoms with Crippen LogP contribution in [0, 0.1) is 11.8 Å². The topological polar surface area (TPSA) is 42.0 Å². The van der Waals surface area contributed by atoms with Gasteiger partial charge in [0.05, 0.1) is 6.61 Å². The quantitative estimate of drug-likeness (QED) is 0.164. The number of benzene rings is 2. The van der Waals surface area contributed by atoms with Gasteiger partial charge in [-0.15, -0.1) is 0 Å². The Kier molecular flexibility index (Phi) is 12.4. The zero-order chi connectivity index (χ0) is 28.9. The van der Waals surface area contributed by atoms with Gasteiger partial charge in [-0.25, -0.2) is 0 Å². The van der Waals surface area contributed by atoms with Crippen LogP contribution in [0.4, 0.5) is 0 Å². The molecule has 0 heterocycles. The van der Waals surface area contributed by atoms with E-state index in [9.17, 15) is 4.79 Å². The first-order valence-corrected chi connectivity index (χ1v) is 15.9. The largest absolute Gasteiger partial charge is 0.494 e. The minimum Gasteiger partial charge on any atom is -0.494 e. The summed E-state index contributed by atoms with van der Waals surface area (Å²) < 4.78 is 11.9. The van der Waals surface area contributed by atoms with Crippen LogP contribution in [-0.4, -0.2) is 55.1 Å². The van der Waals surface area contributed by atoms with Crippen molar-refractivity contribution in [2.45, 2.75) is 72.3 Å². The smallest absolute Gasteiger partial charge is 0.254 e. The van der Waals surface area contributed by atoms with Crippen molar-refractivity contribution in [1.29, 1.82) is 0 Å². The number of hydrogen-bond acceptors (Lipinski definition) is 4. The molecule has 222 valence electrons. The molecule has 2 aliphatic carbocycles. The fourth-order valence-electron chi connectivity index (χ4n) is 5.36. The maximum atomic E-state index is 13.8. The van der Waals surface area contributed by atoms with Crippen molar-refractivity contribution in [1.82, 2.24) is 9.80 Å². The molecular weight excluding hydrogens is 508 g/mol. The van der Waals surface area contributed by atoms with Crippen molar-refractivity contribution in [3.05, 3.63) is 83.5 Å². The van der Waals surface area contributed by atoms with E-state index in [4.69, 9.17) is 9.47 Å². The van der Waals surface area contributed by atoms with Crippen LogP contribution in [0.25, 0.3) is 0 Å². The summed E-state index contributed by atoms with van der Waals surface area (Å²) in [6.45, 7) is 12.3. The third-order valence-electron chi connectivity index (χ3n) is 8.18. The zero-order valence-corrected chi connectivity index (χ0v) is 25.5. The van der Waals surface area contributed by atoms with Crippen molar-refractivity contribution < 1.29 is 14.3 Å². The van der Waals surface area contributed by atoms with Gasteiger partial charge < -0.3 is 19.3 Å². The number of ether oxygens (including phenoxy) is 2. The summed E-state index contributed by atoms with van der Waals surface area (Å²) in [6.07, 6.45) is 14.8. The van der Waals surface area contributed by atoms with Gasteiger partial charge in [0.25, 0.3) is 5.91 Å². The van der Waals surface area contributed by atoms with E-state index < -0.39 is 0 Å². The van der Waals surface area contributed by atoms with Crippen molar-refractivity contribution in [3.63, 3.8) is 0 Å². The van der Waals surface area contributed by atoms with Gasteiger partial charge in [0.1, 0.15) is 18.1 Å². The van der Waals surface area contributed by atoms with Crippen LogP contribution in [0.2, 0.25) is 0 Å². The molecule has 2 atom stereocenters. The molecule has 5 heteroatoms. The highest BCUT2D eigenvalue weighted by atomic mass is 16.5. The molecule has 0 aliphatic heterocycles. The van der Waals surface area contributed by atoms with Gasteiger partial charge in [-0.05, 0) is 98.1 Å². The maximum absolute atomic E-state index is 13.8. The first-order chi connectivity index (χ1) is 20.1. The van der Waals surface area contributed by atoms with Crippen LogP contribution in [-0.2, 0) is 6.54 Å². The Morgan fingerprint density at radius 2 is 1.46 bits per heavy atom. The van der Waals surface area contributed by atoms with Gasteiger partial charge in [-0.2, -0.15) is 0 Å². The lowest BCUT2D eigenvalue weighted by Crippen LogP contribution is -2.39. The molecule has 2 unspecified atom stereocenters. The number of unbranched alkanes of at least 4 members (excludes halogenated alkanes) is 3. The number of amides is 1. The molecular formula is C36H50N2O3. The van der Waals surface area contributed by atoms with E-state index in [0.29, 0.717) is 37.8 Å². The predicted molar refractivity (Wildman–Crippen MR) is 169 cm³/mol. The number of rotatable bonds is 19.